The number of primary amides is 1. The van der Waals surface area contributed by atoms with Crippen LogP contribution in [0.25, 0.3) is 0 Å². The van der Waals surface area contributed by atoms with Crippen molar-refractivity contribution in [3.63, 3.8) is 0 Å². The molecule has 94 valence electrons. The first kappa shape index (κ1) is 13.7. The number of carbonyl (C=O) groups excluding carboxylic acids is 1. The van der Waals surface area contributed by atoms with Gasteiger partial charge in [0.1, 0.15) is 0 Å². The van der Waals surface area contributed by atoms with Crippen LogP contribution in [0.5, 0.6) is 0 Å². The number of nitrogens with two attached hydrogens (primary N) is 1. The molecule has 5 nitrogen and oxygen atoms in total. The number of rotatable bonds is 4. The van der Waals surface area contributed by atoms with Crippen LogP contribution in [0.4, 0.5) is 0 Å². The normalized spacial score (nSPS) is 22.2. The largest absolute Gasteiger partial charge is 0.393 e. The second-order valence-corrected chi connectivity index (χ2v) is 4.65. The number of aliphatic hydroxyl groups excluding tert-OH is 1. The summed E-state index contributed by atoms with van der Waals surface area (Å²) in [6.45, 7) is 3.36. The van der Waals surface area contributed by atoms with Crippen LogP contribution in [0.15, 0.2) is 12.2 Å². The predicted octanol–water partition coefficient (Wildman–Crippen LogP) is 0.157. The lowest BCUT2D eigenvalue weighted by molar-refractivity contribution is -0.113. The highest BCUT2D eigenvalue weighted by Crippen LogP contribution is 2.25. The van der Waals surface area contributed by atoms with Crippen molar-refractivity contribution in [1.82, 2.24) is 4.90 Å². The first-order valence-corrected chi connectivity index (χ1v) is 5.76. The monoisotopic (exact) mass is 237 g/mol. The predicted molar refractivity (Wildman–Crippen MR) is 63.8 cm³/mol. The Balaban J connectivity index is 2.77. The van der Waals surface area contributed by atoms with Gasteiger partial charge in [0.25, 0.3) is 0 Å². The Morgan fingerprint density at radius 3 is 2.71 bits per heavy atom. The van der Waals surface area contributed by atoms with Crippen LogP contribution in [0, 0.1) is 11.3 Å². The molecule has 1 saturated heterocycles. The Bertz CT molecular complexity index is 340. The number of hydrogen-bond donors (Lipinski definition) is 2. The van der Waals surface area contributed by atoms with Crippen molar-refractivity contribution in [3.05, 3.63) is 12.2 Å². The molecule has 1 fully saturated rings. The fraction of sp³-hybridized carbons (Fsp3) is 0.667. The third-order valence-corrected chi connectivity index (χ3v) is 3.23. The summed E-state index contributed by atoms with van der Waals surface area (Å²) in [5.74, 6) is -0.508. The Hall–Kier alpha value is -1.38. The van der Waals surface area contributed by atoms with Crippen LogP contribution in [-0.4, -0.2) is 40.6 Å². The van der Waals surface area contributed by atoms with E-state index in [0.29, 0.717) is 19.3 Å². The van der Waals surface area contributed by atoms with E-state index in [1.807, 2.05) is 6.92 Å². The molecule has 1 aliphatic heterocycles. The van der Waals surface area contributed by atoms with Crippen molar-refractivity contribution < 1.29 is 9.90 Å². The molecule has 1 atom stereocenters. The molecule has 1 amide bonds. The summed E-state index contributed by atoms with van der Waals surface area (Å²) < 4.78 is 0. The van der Waals surface area contributed by atoms with Gasteiger partial charge in [-0.3, -0.25) is 9.69 Å². The third-order valence-electron chi connectivity index (χ3n) is 3.23. The number of nitriles is 1. The zero-order valence-electron chi connectivity index (χ0n) is 10.1. The number of hydrogen-bond acceptors (Lipinski definition) is 4. The Kier molecular flexibility index (Phi) is 4.67. The molecule has 5 heteroatoms. The molecule has 17 heavy (non-hydrogen) atoms. The van der Waals surface area contributed by atoms with E-state index < -0.39 is 11.4 Å². The summed E-state index contributed by atoms with van der Waals surface area (Å²) >= 11 is 0. The highest BCUT2D eigenvalue weighted by molar-refractivity contribution is 5.85. The second kappa shape index (κ2) is 5.80. The van der Waals surface area contributed by atoms with Gasteiger partial charge >= 0.3 is 0 Å². The van der Waals surface area contributed by atoms with Crippen LogP contribution < -0.4 is 5.73 Å². The molecule has 0 spiro atoms. The maximum Gasteiger partial charge on any atom is 0.241 e. The summed E-state index contributed by atoms with van der Waals surface area (Å²) in [6.07, 6.45) is 4.44. The Labute approximate surface area is 102 Å². The molecular weight excluding hydrogens is 218 g/mol. The highest BCUT2D eigenvalue weighted by atomic mass is 16.3. The lowest BCUT2D eigenvalue weighted by Crippen LogP contribution is -2.49. The van der Waals surface area contributed by atoms with Crippen LogP contribution in [0.2, 0.25) is 0 Å². The van der Waals surface area contributed by atoms with Gasteiger partial charge in [-0.25, -0.2) is 0 Å². The maximum atomic E-state index is 10.8. The molecule has 1 heterocycles. The molecule has 0 radical (unpaired) electrons. The quantitative estimate of drug-likeness (QED) is 0.681. The van der Waals surface area contributed by atoms with Crippen LogP contribution in [0.1, 0.15) is 26.2 Å². The van der Waals surface area contributed by atoms with Crippen molar-refractivity contribution >= 4 is 5.91 Å². The Morgan fingerprint density at radius 1 is 1.65 bits per heavy atom. The molecule has 0 aromatic rings. The van der Waals surface area contributed by atoms with Gasteiger partial charge in [0.05, 0.1) is 18.6 Å². The number of piperidine rings is 1. The van der Waals surface area contributed by atoms with E-state index in [-0.39, 0.29) is 6.10 Å². The van der Waals surface area contributed by atoms with E-state index in [1.54, 1.807) is 6.08 Å². The van der Waals surface area contributed by atoms with Crippen molar-refractivity contribution in [1.29, 1.82) is 5.26 Å². The third kappa shape index (κ3) is 3.84. The van der Waals surface area contributed by atoms with Gasteiger partial charge < -0.3 is 10.8 Å². The highest BCUT2D eigenvalue weighted by Gasteiger charge is 2.32. The van der Waals surface area contributed by atoms with Crippen molar-refractivity contribution in [2.75, 3.05) is 13.1 Å². The molecule has 0 saturated carbocycles. The van der Waals surface area contributed by atoms with Crippen LogP contribution in [-0.2, 0) is 4.79 Å². The fourth-order valence-corrected chi connectivity index (χ4v) is 2.07. The van der Waals surface area contributed by atoms with Gasteiger partial charge in [-0.05, 0) is 19.8 Å². The van der Waals surface area contributed by atoms with Gasteiger partial charge in [-0.2, -0.15) is 5.26 Å². The summed E-state index contributed by atoms with van der Waals surface area (Å²) in [5, 5.41) is 18.3. The van der Waals surface area contributed by atoms with Crippen LogP contribution >= 0.6 is 0 Å². The minimum Gasteiger partial charge on any atom is -0.393 e. The van der Waals surface area contributed by atoms with E-state index >= 15 is 0 Å². The standard InChI is InChI=1S/C12H19N3O2/c1-12(6-7-13,5-2-11(14)17)15-8-3-10(16)4-9-15/h2,5,10,16H,3-4,6,8-9H2,1H3,(H2,14,17). The zero-order chi connectivity index (χ0) is 12.9. The van der Waals surface area contributed by atoms with Gasteiger partial charge in [0.2, 0.25) is 5.91 Å². The van der Waals surface area contributed by atoms with Gasteiger partial charge in [0, 0.05) is 24.7 Å². The number of likely N-dealkylation sites (tertiary alicyclic amines) is 1. The van der Waals surface area contributed by atoms with Gasteiger partial charge in [-0.15, -0.1) is 0 Å². The molecule has 0 bridgehead atoms. The topological polar surface area (TPSA) is 90.3 Å². The van der Waals surface area contributed by atoms with Crippen molar-refractivity contribution in [2.45, 2.75) is 37.8 Å². The summed E-state index contributed by atoms with van der Waals surface area (Å²) in [7, 11) is 0. The van der Waals surface area contributed by atoms with E-state index in [1.165, 1.54) is 6.08 Å². The molecule has 0 aliphatic carbocycles. The van der Waals surface area contributed by atoms with E-state index in [0.717, 1.165) is 13.1 Å². The molecule has 1 aliphatic rings. The molecule has 1 unspecified atom stereocenters. The summed E-state index contributed by atoms with van der Waals surface area (Å²) in [6, 6.07) is 2.13. The smallest absolute Gasteiger partial charge is 0.241 e. The maximum absolute atomic E-state index is 10.8. The molecule has 0 aromatic heterocycles. The van der Waals surface area contributed by atoms with E-state index in [9.17, 15) is 9.90 Å². The average Bonchev–Trinajstić information content (AvgIpc) is 2.28. The number of aliphatic hydroxyl groups is 1. The first-order chi connectivity index (χ1) is 7.98. The molecule has 3 N–H and O–H groups in total. The van der Waals surface area contributed by atoms with Crippen molar-refractivity contribution in [2.24, 2.45) is 5.73 Å². The zero-order valence-corrected chi connectivity index (χ0v) is 10.1. The minimum atomic E-state index is -0.508. The second-order valence-electron chi connectivity index (χ2n) is 4.65. The number of amides is 1. The van der Waals surface area contributed by atoms with Gasteiger partial charge in [-0.1, -0.05) is 6.08 Å². The van der Waals surface area contributed by atoms with E-state index in [4.69, 9.17) is 11.0 Å². The minimum absolute atomic E-state index is 0.252. The SMILES string of the molecule is CC(C=CC(N)=O)(CC#N)N1CCC(O)CC1. The van der Waals surface area contributed by atoms with E-state index in [2.05, 4.69) is 11.0 Å². The molecule has 1 rings (SSSR count). The summed E-state index contributed by atoms with van der Waals surface area (Å²) in [4.78, 5) is 12.9. The number of carbonyl (C=O) groups is 1. The number of nitrogens with zero attached hydrogens (tertiary/aromatic N) is 2. The first-order valence-electron chi connectivity index (χ1n) is 5.76. The van der Waals surface area contributed by atoms with Crippen molar-refractivity contribution in [3.8, 4) is 6.07 Å². The lowest BCUT2D eigenvalue weighted by atomic mass is 9.92. The lowest BCUT2D eigenvalue weighted by Gasteiger charge is -2.41. The molecular formula is C12H19N3O2. The fourth-order valence-electron chi connectivity index (χ4n) is 2.07. The molecule has 0 aromatic carbocycles. The Morgan fingerprint density at radius 2 is 2.24 bits per heavy atom. The van der Waals surface area contributed by atoms with Gasteiger partial charge in [0.15, 0.2) is 0 Å². The average molecular weight is 237 g/mol. The van der Waals surface area contributed by atoms with Crippen LogP contribution in [0.3, 0.4) is 0 Å². The summed E-state index contributed by atoms with van der Waals surface area (Å²) in [5.41, 5.74) is 4.60.